The molecule has 1 amide bonds. The van der Waals surface area contributed by atoms with E-state index in [0.717, 1.165) is 29.3 Å². The SMILES string of the molecule is Cc1ccc(CSc2nc3c(c(=O)[nH]2)[C@H](c2cc(F)ccc2F)CC(=O)N3)cc1. The Hall–Kier alpha value is -3.00. The first kappa shape index (κ1) is 19.3. The van der Waals surface area contributed by atoms with E-state index in [1.807, 2.05) is 31.2 Å². The number of halogens is 2. The maximum Gasteiger partial charge on any atom is 0.257 e. The molecule has 4 rings (SSSR count). The normalized spacial score (nSPS) is 15.7. The topological polar surface area (TPSA) is 74.8 Å². The fourth-order valence-electron chi connectivity index (χ4n) is 3.30. The van der Waals surface area contributed by atoms with Crippen molar-refractivity contribution in [1.82, 2.24) is 9.97 Å². The van der Waals surface area contributed by atoms with E-state index in [9.17, 15) is 18.4 Å². The van der Waals surface area contributed by atoms with Crippen molar-refractivity contribution in [3.63, 3.8) is 0 Å². The Morgan fingerprint density at radius 1 is 1.14 bits per heavy atom. The molecule has 0 fully saturated rings. The van der Waals surface area contributed by atoms with Gasteiger partial charge in [0, 0.05) is 18.1 Å². The first-order valence-corrected chi connectivity index (χ1v) is 9.96. The molecule has 0 bridgehead atoms. The van der Waals surface area contributed by atoms with Gasteiger partial charge in [-0.25, -0.2) is 13.8 Å². The number of rotatable bonds is 4. The maximum absolute atomic E-state index is 14.3. The van der Waals surface area contributed by atoms with Crippen LogP contribution in [0, 0.1) is 18.6 Å². The lowest BCUT2D eigenvalue weighted by Gasteiger charge is -2.24. The van der Waals surface area contributed by atoms with Crippen molar-refractivity contribution in [3.8, 4) is 0 Å². The standard InChI is InChI=1S/C21H17F2N3O2S/c1-11-2-4-12(5-3-11)10-29-21-25-19-18(20(28)26-21)15(9-17(27)24-19)14-8-13(22)6-7-16(14)23/h2-8,15H,9-10H2,1H3,(H2,24,25,26,27,28)/t15-/m0/s1. The number of carbonyl (C=O) groups is 1. The second-order valence-corrected chi connectivity index (χ2v) is 7.84. The quantitative estimate of drug-likeness (QED) is 0.498. The van der Waals surface area contributed by atoms with Crippen LogP contribution in [0.2, 0.25) is 0 Å². The fraction of sp³-hybridized carbons (Fsp3) is 0.190. The molecule has 1 aromatic heterocycles. The number of thioether (sulfide) groups is 1. The molecular formula is C21H17F2N3O2S. The highest BCUT2D eigenvalue weighted by Gasteiger charge is 2.32. The summed E-state index contributed by atoms with van der Waals surface area (Å²) in [5.74, 6) is -1.94. The molecule has 0 unspecified atom stereocenters. The summed E-state index contributed by atoms with van der Waals surface area (Å²) in [5.41, 5.74) is 1.83. The van der Waals surface area contributed by atoms with Gasteiger partial charge in [-0.2, -0.15) is 0 Å². The smallest absolute Gasteiger partial charge is 0.257 e. The zero-order chi connectivity index (χ0) is 20.5. The van der Waals surface area contributed by atoms with Gasteiger partial charge < -0.3 is 10.3 Å². The van der Waals surface area contributed by atoms with E-state index >= 15 is 0 Å². The number of fused-ring (bicyclic) bond motifs is 1. The monoisotopic (exact) mass is 413 g/mol. The van der Waals surface area contributed by atoms with E-state index in [2.05, 4.69) is 15.3 Å². The van der Waals surface area contributed by atoms with Crippen LogP contribution < -0.4 is 10.9 Å². The highest BCUT2D eigenvalue weighted by Crippen LogP contribution is 2.36. The van der Waals surface area contributed by atoms with Gasteiger partial charge in [-0.15, -0.1) is 0 Å². The Balaban J connectivity index is 1.67. The van der Waals surface area contributed by atoms with Crippen molar-refractivity contribution in [2.24, 2.45) is 0 Å². The largest absolute Gasteiger partial charge is 0.310 e. The summed E-state index contributed by atoms with van der Waals surface area (Å²) in [7, 11) is 0. The Kier molecular flexibility index (Phi) is 5.19. The van der Waals surface area contributed by atoms with E-state index in [-0.39, 0.29) is 23.4 Å². The second kappa shape index (κ2) is 7.79. The number of carbonyl (C=O) groups excluding carboxylic acids is 1. The average Bonchev–Trinajstić information content (AvgIpc) is 2.68. The number of anilines is 1. The van der Waals surface area contributed by atoms with Gasteiger partial charge >= 0.3 is 0 Å². The van der Waals surface area contributed by atoms with Crippen molar-refractivity contribution in [1.29, 1.82) is 0 Å². The second-order valence-electron chi connectivity index (χ2n) is 6.88. The number of aromatic amines is 1. The average molecular weight is 413 g/mol. The van der Waals surface area contributed by atoms with Crippen LogP contribution in [0.15, 0.2) is 52.4 Å². The van der Waals surface area contributed by atoms with Crippen LogP contribution in [0.3, 0.4) is 0 Å². The number of aryl methyl sites for hydroxylation is 1. The fourth-order valence-corrected chi connectivity index (χ4v) is 4.12. The number of aromatic nitrogens is 2. The molecule has 0 radical (unpaired) electrons. The molecule has 1 aliphatic rings. The Labute approximate surface area is 169 Å². The molecule has 1 aliphatic heterocycles. The molecule has 3 aromatic rings. The molecular weight excluding hydrogens is 396 g/mol. The Morgan fingerprint density at radius 3 is 2.66 bits per heavy atom. The van der Waals surface area contributed by atoms with Gasteiger partial charge in [-0.3, -0.25) is 9.59 Å². The van der Waals surface area contributed by atoms with Crippen LogP contribution in [-0.4, -0.2) is 15.9 Å². The van der Waals surface area contributed by atoms with Crippen LogP contribution in [0.5, 0.6) is 0 Å². The van der Waals surface area contributed by atoms with Gasteiger partial charge in [0.15, 0.2) is 5.16 Å². The van der Waals surface area contributed by atoms with Gasteiger partial charge in [-0.05, 0) is 36.2 Å². The maximum atomic E-state index is 14.3. The Bertz CT molecular complexity index is 1150. The highest BCUT2D eigenvalue weighted by molar-refractivity contribution is 7.98. The summed E-state index contributed by atoms with van der Waals surface area (Å²) < 4.78 is 27.9. The van der Waals surface area contributed by atoms with Crippen LogP contribution >= 0.6 is 11.8 Å². The van der Waals surface area contributed by atoms with Gasteiger partial charge in [0.05, 0.1) is 5.56 Å². The van der Waals surface area contributed by atoms with Crippen LogP contribution in [0.4, 0.5) is 14.6 Å². The molecule has 29 heavy (non-hydrogen) atoms. The number of H-pyrrole nitrogens is 1. The predicted molar refractivity (Wildman–Crippen MR) is 107 cm³/mol. The van der Waals surface area contributed by atoms with E-state index in [1.165, 1.54) is 11.8 Å². The third-order valence-electron chi connectivity index (χ3n) is 4.76. The molecule has 2 heterocycles. The van der Waals surface area contributed by atoms with Crippen LogP contribution in [-0.2, 0) is 10.5 Å². The van der Waals surface area contributed by atoms with Crippen molar-refractivity contribution in [2.45, 2.75) is 30.2 Å². The third kappa shape index (κ3) is 4.07. The van der Waals surface area contributed by atoms with E-state index < -0.39 is 29.0 Å². The lowest BCUT2D eigenvalue weighted by atomic mass is 9.86. The van der Waals surface area contributed by atoms with Crippen LogP contribution in [0.25, 0.3) is 0 Å². The third-order valence-corrected chi connectivity index (χ3v) is 5.70. The Morgan fingerprint density at radius 2 is 1.90 bits per heavy atom. The van der Waals surface area contributed by atoms with Crippen molar-refractivity contribution in [3.05, 3.63) is 86.7 Å². The summed E-state index contributed by atoms with van der Waals surface area (Å²) in [6, 6.07) is 11.0. The predicted octanol–water partition coefficient (Wildman–Crippen LogP) is 4.12. The number of hydrogen-bond acceptors (Lipinski definition) is 4. The van der Waals surface area contributed by atoms with Gasteiger partial charge in [0.25, 0.3) is 5.56 Å². The first-order valence-electron chi connectivity index (χ1n) is 8.98. The number of nitrogens with zero attached hydrogens (tertiary/aromatic N) is 1. The number of hydrogen-bond donors (Lipinski definition) is 2. The highest BCUT2D eigenvalue weighted by atomic mass is 32.2. The molecule has 0 spiro atoms. The zero-order valence-corrected chi connectivity index (χ0v) is 16.3. The molecule has 1 atom stereocenters. The number of amides is 1. The molecule has 2 aromatic carbocycles. The van der Waals surface area contributed by atoms with Crippen molar-refractivity contribution in [2.75, 3.05) is 5.32 Å². The first-order chi connectivity index (χ1) is 13.9. The van der Waals surface area contributed by atoms with Crippen molar-refractivity contribution >= 4 is 23.5 Å². The van der Waals surface area contributed by atoms with E-state index in [1.54, 1.807) is 0 Å². The summed E-state index contributed by atoms with van der Waals surface area (Å²) in [6.07, 6.45) is -0.159. The van der Waals surface area contributed by atoms with E-state index in [4.69, 9.17) is 0 Å². The summed E-state index contributed by atoms with van der Waals surface area (Å²) in [6.45, 7) is 2.00. The van der Waals surface area contributed by atoms with E-state index in [0.29, 0.717) is 10.9 Å². The summed E-state index contributed by atoms with van der Waals surface area (Å²) >= 11 is 1.32. The minimum atomic E-state index is -0.901. The van der Waals surface area contributed by atoms with Gasteiger partial charge in [0.1, 0.15) is 17.5 Å². The molecule has 8 heteroatoms. The van der Waals surface area contributed by atoms with Crippen LogP contribution in [0.1, 0.15) is 34.6 Å². The number of nitrogens with one attached hydrogen (secondary N) is 2. The summed E-state index contributed by atoms with van der Waals surface area (Å²) in [5, 5.41) is 2.92. The minimum Gasteiger partial charge on any atom is -0.310 e. The zero-order valence-electron chi connectivity index (χ0n) is 15.5. The number of benzene rings is 2. The molecule has 148 valence electrons. The molecule has 2 N–H and O–H groups in total. The molecule has 5 nitrogen and oxygen atoms in total. The molecule has 0 aliphatic carbocycles. The van der Waals surface area contributed by atoms with Crippen molar-refractivity contribution < 1.29 is 13.6 Å². The summed E-state index contributed by atoms with van der Waals surface area (Å²) in [4.78, 5) is 31.9. The lowest BCUT2D eigenvalue weighted by Crippen LogP contribution is -2.31. The molecule has 0 saturated heterocycles. The van der Waals surface area contributed by atoms with Gasteiger partial charge in [0.2, 0.25) is 5.91 Å². The van der Waals surface area contributed by atoms with Gasteiger partial charge in [-0.1, -0.05) is 41.6 Å². The lowest BCUT2D eigenvalue weighted by molar-refractivity contribution is -0.116. The molecule has 0 saturated carbocycles. The minimum absolute atomic E-state index is 0.0338.